The number of hydrogen-bond donors (Lipinski definition) is 4. The first-order valence-corrected chi connectivity index (χ1v) is 15.8. The molecule has 15 heteroatoms. The highest BCUT2D eigenvalue weighted by Crippen LogP contribution is 2.36. The lowest BCUT2D eigenvalue weighted by Gasteiger charge is -2.28. The molecule has 0 aromatic heterocycles. The summed E-state index contributed by atoms with van der Waals surface area (Å²) in [4.78, 5) is 24.6. The lowest BCUT2D eigenvalue weighted by Crippen LogP contribution is -2.45. The SMILES string of the molecule is CCOc1cc([C@@H]2NC(=O)NC(C)=C2C(=O)OC)ccc1OC[C@H](O)N/N=C\c1cc(OC)c(OCc2ccc(Cl)cc2Cl)cc1Br. The first kappa shape index (κ1) is 35.7. The predicted molar refractivity (Wildman–Crippen MR) is 180 cm³/mol. The first-order chi connectivity index (χ1) is 22.5. The monoisotopic (exact) mass is 750 g/mol. The summed E-state index contributed by atoms with van der Waals surface area (Å²) in [7, 11) is 2.79. The molecule has 3 aromatic carbocycles. The van der Waals surface area contributed by atoms with Crippen molar-refractivity contribution in [3.63, 3.8) is 0 Å². The molecule has 250 valence electrons. The quantitative estimate of drug-likeness (QED) is 0.0688. The molecule has 3 aromatic rings. The van der Waals surface area contributed by atoms with Crippen molar-refractivity contribution in [3.05, 3.63) is 91.0 Å². The van der Waals surface area contributed by atoms with Gasteiger partial charge in [-0.1, -0.05) is 35.3 Å². The number of hydrazone groups is 1. The van der Waals surface area contributed by atoms with Gasteiger partial charge in [0, 0.05) is 31.3 Å². The molecule has 47 heavy (non-hydrogen) atoms. The zero-order valence-electron chi connectivity index (χ0n) is 25.9. The van der Waals surface area contributed by atoms with Crippen LogP contribution >= 0.6 is 39.1 Å². The number of nitrogens with one attached hydrogen (secondary N) is 3. The topological polar surface area (TPSA) is 149 Å². The van der Waals surface area contributed by atoms with Crippen molar-refractivity contribution in [2.24, 2.45) is 5.10 Å². The summed E-state index contributed by atoms with van der Waals surface area (Å²) in [6.07, 6.45) is 0.311. The van der Waals surface area contributed by atoms with Crippen LogP contribution in [-0.2, 0) is 16.1 Å². The molecule has 4 N–H and O–H groups in total. The van der Waals surface area contributed by atoms with Crippen molar-refractivity contribution in [2.75, 3.05) is 27.4 Å². The summed E-state index contributed by atoms with van der Waals surface area (Å²) in [6.45, 7) is 3.76. The van der Waals surface area contributed by atoms with E-state index in [4.69, 9.17) is 46.9 Å². The van der Waals surface area contributed by atoms with E-state index < -0.39 is 24.3 Å². The molecule has 0 fully saturated rings. The fourth-order valence-electron chi connectivity index (χ4n) is 4.53. The number of methoxy groups -OCH3 is 2. The maximum Gasteiger partial charge on any atom is 0.337 e. The van der Waals surface area contributed by atoms with Crippen LogP contribution in [0.2, 0.25) is 10.0 Å². The van der Waals surface area contributed by atoms with Crippen LogP contribution in [-0.4, -0.2) is 57.0 Å². The lowest BCUT2D eigenvalue weighted by atomic mass is 9.95. The Bertz CT molecular complexity index is 1690. The molecule has 0 bridgehead atoms. The molecule has 12 nitrogen and oxygen atoms in total. The fraction of sp³-hybridized carbons (Fsp3) is 0.281. The van der Waals surface area contributed by atoms with E-state index in [0.717, 1.165) is 5.56 Å². The highest BCUT2D eigenvalue weighted by atomic mass is 79.9. The predicted octanol–water partition coefficient (Wildman–Crippen LogP) is 5.86. The summed E-state index contributed by atoms with van der Waals surface area (Å²) in [5, 5.41) is 21.0. The minimum Gasteiger partial charge on any atom is -0.493 e. The van der Waals surface area contributed by atoms with Gasteiger partial charge in [0.25, 0.3) is 0 Å². The maximum atomic E-state index is 12.5. The molecule has 1 heterocycles. The third-order valence-corrected chi connectivity index (χ3v) is 8.05. The number of ether oxygens (including phenoxy) is 5. The molecule has 2 atom stereocenters. The Balaban J connectivity index is 1.39. The molecule has 1 aliphatic rings. The number of allylic oxidation sites excluding steroid dienone is 1. The van der Waals surface area contributed by atoms with Crippen LogP contribution in [0.25, 0.3) is 0 Å². The van der Waals surface area contributed by atoms with Gasteiger partial charge in [-0.2, -0.15) is 5.10 Å². The van der Waals surface area contributed by atoms with Crippen LogP contribution in [0.4, 0.5) is 4.79 Å². The summed E-state index contributed by atoms with van der Waals surface area (Å²) in [5.74, 6) is 1.05. The van der Waals surface area contributed by atoms with Crippen molar-refractivity contribution in [3.8, 4) is 23.0 Å². The van der Waals surface area contributed by atoms with Crippen LogP contribution in [0.5, 0.6) is 23.0 Å². The first-order valence-electron chi connectivity index (χ1n) is 14.2. The zero-order valence-corrected chi connectivity index (χ0v) is 29.0. The van der Waals surface area contributed by atoms with Gasteiger partial charge < -0.3 is 39.4 Å². The van der Waals surface area contributed by atoms with Crippen LogP contribution in [0.15, 0.2) is 69.4 Å². The number of esters is 1. The molecule has 0 spiro atoms. The second kappa shape index (κ2) is 16.6. The largest absolute Gasteiger partial charge is 0.493 e. The number of halogens is 3. The van der Waals surface area contributed by atoms with Gasteiger partial charge in [-0.05, 0) is 71.7 Å². The minimum absolute atomic E-state index is 0.183. The number of amides is 2. The highest BCUT2D eigenvalue weighted by molar-refractivity contribution is 9.10. The molecule has 0 aliphatic carbocycles. The van der Waals surface area contributed by atoms with Crippen LogP contribution in [0.1, 0.15) is 36.6 Å². The fourth-order valence-corrected chi connectivity index (χ4v) is 5.42. The van der Waals surface area contributed by atoms with Crippen molar-refractivity contribution >= 4 is 57.3 Å². The summed E-state index contributed by atoms with van der Waals surface area (Å²) in [5.41, 5.74) is 5.24. The average Bonchev–Trinajstić information content (AvgIpc) is 3.04. The highest BCUT2D eigenvalue weighted by Gasteiger charge is 2.32. The van der Waals surface area contributed by atoms with Gasteiger partial charge >= 0.3 is 12.0 Å². The Morgan fingerprint density at radius 1 is 1.06 bits per heavy atom. The second-order valence-corrected chi connectivity index (χ2v) is 11.7. The molecule has 4 rings (SSSR count). The van der Waals surface area contributed by atoms with Gasteiger partial charge in [0.05, 0.1) is 38.7 Å². The number of nitrogens with zero attached hydrogens (tertiary/aromatic N) is 1. The van der Waals surface area contributed by atoms with Crippen LogP contribution in [0, 0.1) is 0 Å². The van der Waals surface area contributed by atoms with E-state index in [-0.39, 0.29) is 18.8 Å². The number of aliphatic hydroxyl groups is 1. The summed E-state index contributed by atoms with van der Waals surface area (Å²) in [6, 6.07) is 12.4. The van der Waals surface area contributed by atoms with Crippen LogP contribution in [0.3, 0.4) is 0 Å². The van der Waals surface area contributed by atoms with Crippen LogP contribution < -0.4 is 35.0 Å². The van der Waals surface area contributed by atoms with Crippen molar-refractivity contribution in [2.45, 2.75) is 32.7 Å². The van der Waals surface area contributed by atoms with Gasteiger partial charge in [-0.15, -0.1) is 0 Å². The zero-order chi connectivity index (χ0) is 34.1. The number of hydrogen-bond acceptors (Lipinski definition) is 10. The number of carbonyl (C=O) groups excluding carboxylic acids is 2. The smallest absolute Gasteiger partial charge is 0.337 e. The lowest BCUT2D eigenvalue weighted by molar-refractivity contribution is -0.136. The molecule has 1 aliphatic heterocycles. The van der Waals surface area contributed by atoms with Crippen molar-refractivity contribution in [1.29, 1.82) is 0 Å². The standard InChI is InChI=1S/C32H33BrCl2N4O8/c1-5-45-26-10-18(30-29(31(41)44-4)17(2)37-32(42)38-30)7-9-24(26)47-16-28(40)39-36-14-20-11-25(43-3)27(13-22(20)33)46-15-19-6-8-21(34)12-23(19)35/h6-14,28,30,39-40H,5,15-16H2,1-4H3,(H2,37,38,42)/b36-14-/t28-,30-/m0/s1. The number of urea groups is 1. The van der Waals surface area contributed by atoms with E-state index in [1.807, 2.05) is 0 Å². The molecule has 0 unspecified atom stereocenters. The van der Waals surface area contributed by atoms with E-state index in [1.54, 1.807) is 62.4 Å². The normalized spacial score (nSPS) is 15.1. The van der Waals surface area contributed by atoms with Gasteiger partial charge in [0.1, 0.15) is 13.2 Å². The van der Waals surface area contributed by atoms with E-state index in [1.165, 1.54) is 20.4 Å². The van der Waals surface area contributed by atoms with Crippen molar-refractivity contribution in [1.82, 2.24) is 16.1 Å². The second-order valence-electron chi connectivity index (χ2n) is 9.96. The van der Waals surface area contributed by atoms with Gasteiger partial charge in [-0.25, -0.2) is 9.59 Å². The minimum atomic E-state index is -1.19. The van der Waals surface area contributed by atoms with Gasteiger partial charge in [-0.3, -0.25) is 5.43 Å². The number of benzene rings is 3. The molecule has 2 amide bonds. The Morgan fingerprint density at radius 3 is 2.53 bits per heavy atom. The third kappa shape index (κ3) is 9.22. The Kier molecular flexibility index (Phi) is 12.6. The van der Waals surface area contributed by atoms with Crippen molar-refractivity contribution < 1.29 is 38.4 Å². The Labute approximate surface area is 290 Å². The molecular formula is C32H33BrCl2N4O8. The molecular weight excluding hydrogens is 719 g/mol. The molecule has 0 radical (unpaired) electrons. The average molecular weight is 752 g/mol. The summed E-state index contributed by atoms with van der Waals surface area (Å²) >= 11 is 15.7. The Morgan fingerprint density at radius 2 is 1.83 bits per heavy atom. The number of rotatable bonds is 14. The molecule has 0 saturated heterocycles. The Hall–Kier alpha value is -4.17. The van der Waals surface area contributed by atoms with E-state index in [9.17, 15) is 14.7 Å². The van der Waals surface area contributed by atoms with Gasteiger partial charge in [0.15, 0.2) is 29.2 Å². The maximum absolute atomic E-state index is 12.5. The van der Waals surface area contributed by atoms with Gasteiger partial charge in [0.2, 0.25) is 0 Å². The number of aliphatic hydroxyl groups excluding tert-OH is 1. The van der Waals surface area contributed by atoms with E-state index >= 15 is 0 Å². The molecule has 0 saturated carbocycles. The third-order valence-electron chi connectivity index (χ3n) is 6.78. The van der Waals surface area contributed by atoms with E-state index in [2.05, 4.69) is 37.1 Å². The number of carbonyl (C=O) groups is 2. The van der Waals surface area contributed by atoms with E-state index in [0.29, 0.717) is 60.9 Å². The summed E-state index contributed by atoms with van der Waals surface area (Å²) < 4.78 is 28.6.